The second kappa shape index (κ2) is 7.49. The number of aliphatic carboxylic acids is 1. The summed E-state index contributed by atoms with van der Waals surface area (Å²) >= 11 is 3.24. The summed E-state index contributed by atoms with van der Waals surface area (Å²) in [5, 5.41) is 12.7. The summed E-state index contributed by atoms with van der Waals surface area (Å²) in [5.74, 6) is -1.92. The van der Waals surface area contributed by atoms with Crippen LogP contribution in [0, 0.1) is 0 Å². The van der Waals surface area contributed by atoms with Gasteiger partial charge in [-0.1, -0.05) is 22.0 Å². The van der Waals surface area contributed by atoms with E-state index in [1.807, 2.05) is 5.32 Å². The number of nitrogens with one attached hydrogen (secondary N) is 2. The van der Waals surface area contributed by atoms with E-state index >= 15 is 0 Å². The smallest absolute Gasteiger partial charge is 0.329 e. The van der Waals surface area contributed by atoms with E-state index in [9.17, 15) is 14.4 Å². The van der Waals surface area contributed by atoms with Crippen LogP contribution in [0.2, 0.25) is 0 Å². The molecule has 0 heterocycles. The molecule has 1 aromatic rings. The Morgan fingerprint density at radius 2 is 2.00 bits per heavy atom. The number of carboxylic acid groups (broad SMARTS) is 1. The zero-order valence-corrected chi connectivity index (χ0v) is 11.3. The standard InChI is InChI=1S/C11H11BrN2O5/c12-7-2-1-3-8(4-7)13-11(18)14-9(15)5-19-6-10(16)17/h1-4H,5-6H2,(H,16,17)(H2,13,14,15,18). The van der Waals surface area contributed by atoms with Crippen molar-refractivity contribution in [2.75, 3.05) is 18.5 Å². The van der Waals surface area contributed by atoms with Crippen molar-refractivity contribution < 1.29 is 24.2 Å². The van der Waals surface area contributed by atoms with Crippen LogP contribution in [0.15, 0.2) is 28.7 Å². The molecule has 0 saturated carbocycles. The van der Waals surface area contributed by atoms with Gasteiger partial charge in [-0.25, -0.2) is 9.59 Å². The Morgan fingerprint density at radius 1 is 1.26 bits per heavy atom. The number of ether oxygens (including phenoxy) is 1. The SMILES string of the molecule is O=C(O)COCC(=O)NC(=O)Nc1cccc(Br)c1. The van der Waals surface area contributed by atoms with E-state index < -0.39 is 31.1 Å². The van der Waals surface area contributed by atoms with Crippen molar-refractivity contribution in [2.24, 2.45) is 0 Å². The van der Waals surface area contributed by atoms with Gasteiger partial charge in [0.25, 0.3) is 5.91 Å². The van der Waals surface area contributed by atoms with Gasteiger partial charge in [0.05, 0.1) is 0 Å². The molecule has 0 aliphatic carbocycles. The maximum absolute atomic E-state index is 11.4. The lowest BCUT2D eigenvalue weighted by Crippen LogP contribution is -2.37. The molecule has 102 valence electrons. The molecule has 0 fully saturated rings. The van der Waals surface area contributed by atoms with Crippen LogP contribution in [0.4, 0.5) is 10.5 Å². The van der Waals surface area contributed by atoms with Crippen molar-refractivity contribution >= 4 is 39.5 Å². The summed E-state index contributed by atoms with van der Waals surface area (Å²) in [7, 11) is 0. The third kappa shape index (κ3) is 6.53. The van der Waals surface area contributed by atoms with Gasteiger partial charge in [-0.15, -0.1) is 0 Å². The van der Waals surface area contributed by atoms with Gasteiger partial charge >= 0.3 is 12.0 Å². The van der Waals surface area contributed by atoms with Crippen LogP contribution >= 0.6 is 15.9 Å². The Balaban J connectivity index is 2.34. The molecule has 7 nitrogen and oxygen atoms in total. The number of rotatable bonds is 5. The molecule has 0 atom stereocenters. The fourth-order valence-electron chi connectivity index (χ4n) is 1.12. The number of halogens is 1. The molecule has 0 aliphatic heterocycles. The number of carbonyl (C=O) groups is 3. The lowest BCUT2D eigenvalue weighted by Gasteiger charge is -2.06. The third-order valence-corrected chi connectivity index (χ3v) is 2.29. The summed E-state index contributed by atoms with van der Waals surface area (Å²) in [6.45, 7) is -1.10. The number of urea groups is 1. The first-order valence-corrected chi connectivity index (χ1v) is 5.92. The number of imide groups is 1. The Hall–Kier alpha value is -1.93. The van der Waals surface area contributed by atoms with Crippen molar-refractivity contribution in [3.05, 3.63) is 28.7 Å². The highest BCUT2D eigenvalue weighted by molar-refractivity contribution is 9.10. The zero-order valence-electron chi connectivity index (χ0n) is 9.68. The molecule has 1 aromatic carbocycles. The van der Waals surface area contributed by atoms with Crippen LogP contribution in [0.5, 0.6) is 0 Å². The minimum atomic E-state index is -1.19. The molecule has 0 aliphatic rings. The van der Waals surface area contributed by atoms with Crippen molar-refractivity contribution in [1.82, 2.24) is 5.32 Å². The number of hydrogen-bond donors (Lipinski definition) is 3. The third-order valence-electron chi connectivity index (χ3n) is 1.79. The van der Waals surface area contributed by atoms with E-state index in [2.05, 4.69) is 26.0 Å². The number of benzene rings is 1. The van der Waals surface area contributed by atoms with E-state index in [4.69, 9.17) is 5.11 Å². The molecule has 8 heteroatoms. The highest BCUT2D eigenvalue weighted by atomic mass is 79.9. The first-order chi connectivity index (χ1) is 8.97. The molecule has 0 aromatic heterocycles. The number of anilines is 1. The Labute approximate surface area is 117 Å². The van der Waals surface area contributed by atoms with Gasteiger partial charge in [-0.2, -0.15) is 0 Å². The van der Waals surface area contributed by atoms with E-state index in [0.717, 1.165) is 4.47 Å². The predicted octanol–water partition coefficient (Wildman–Crippen LogP) is 1.20. The number of amides is 3. The van der Waals surface area contributed by atoms with Crippen LogP contribution in [0.25, 0.3) is 0 Å². The first kappa shape index (κ1) is 15.1. The lowest BCUT2D eigenvalue weighted by atomic mass is 10.3. The van der Waals surface area contributed by atoms with E-state index in [1.54, 1.807) is 24.3 Å². The molecule has 19 heavy (non-hydrogen) atoms. The van der Waals surface area contributed by atoms with Gasteiger partial charge in [0.15, 0.2) is 0 Å². The van der Waals surface area contributed by atoms with Gasteiger partial charge in [-0.05, 0) is 18.2 Å². The Bertz CT molecular complexity index is 492. The molecular formula is C11H11BrN2O5. The molecule has 0 saturated heterocycles. The van der Waals surface area contributed by atoms with Gasteiger partial charge < -0.3 is 15.2 Å². The van der Waals surface area contributed by atoms with Gasteiger partial charge in [0.2, 0.25) is 0 Å². The quantitative estimate of drug-likeness (QED) is 0.752. The van der Waals surface area contributed by atoms with E-state index in [0.29, 0.717) is 5.69 Å². The average molecular weight is 331 g/mol. The number of hydrogen-bond acceptors (Lipinski definition) is 4. The normalized spacial score (nSPS) is 9.74. The van der Waals surface area contributed by atoms with Gasteiger partial charge in [0.1, 0.15) is 13.2 Å². The summed E-state index contributed by atoms with van der Waals surface area (Å²) in [4.78, 5) is 32.7. The molecule has 1 rings (SSSR count). The number of carboxylic acids is 1. The second-order valence-electron chi connectivity index (χ2n) is 3.40. The summed E-state index contributed by atoms with van der Waals surface area (Å²) in [6.07, 6.45) is 0. The van der Waals surface area contributed by atoms with Crippen molar-refractivity contribution in [3.63, 3.8) is 0 Å². The maximum Gasteiger partial charge on any atom is 0.329 e. The molecule has 3 amide bonds. The van der Waals surface area contributed by atoms with Crippen molar-refractivity contribution in [2.45, 2.75) is 0 Å². The zero-order chi connectivity index (χ0) is 14.3. The molecular weight excluding hydrogens is 320 g/mol. The molecule has 0 radical (unpaired) electrons. The lowest BCUT2D eigenvalue weighted by molar-refractivity contribution is -0.143. The fourth-order valence-corrected chi connectivity index (χ4v) is 1.52. The fraction of sp³-hybridized carbons (Fsp3) is 0.182. The minimum Gasteiger partial charge on any atom is -0.480 e. The van der Waals surface area contributed by atoms with E-state index in [-0.39, 0.29) is 0 Å². The summed E-state index contributed by atoms with van der Waals surface area (Å²) in [5.41, 5.74) is 0.506. The van der Waals surface area contributed by atoms with Crippen molar-refractivity contribution in [1.29, 1.82) is 0 Å². The largest absolute Gasteiger partial charge is 0.480 e. The molecule has 0 unspecified atom stereocenters. The maximum atomic E-state index is 11.4. The molecule has 3 N–H and O–H groups in total. The first-order valence-electron chi connectivity index (χ1n) is 5.13. The van der Waals surface area contributed by atoms with Crippen LogP contribution in [-0.4, -0.2) is 36.2 Å². The van der Waals surface area contributed by atoms with Crippen LogP contribution in [0.1, 0.15) is 0 Å². The van der Waals surface area contributed by atoms with Gasteiger partial charge in [0, 0.05) is 10.2 Å². The average Bonchev–Trinajstić information content (AvgIpc) is 2.27. The predicted molar refractivity (Wildman–Crippen MR) is 69.8 cm³/mol. The van der Waals surface area contributed by atoms with E-state index in [1.165, 1.54) is 0 Å². The summed E-state index contributed by atoms with van der Waals surface area (Å²) in [6, 6.07) is 6.09. The second-order valence-corrected chi connectivity index (χ2v) is 4.31. The Kier molecular flexibility index (Phi) is 5.97. The van der Waals surface area contributed by atoms with Crippen molar-refractivity contribution in [3.8, 4) is 0 Å². The van der Waals surface area contributed by atoms with Gasteiger partial charge in [-0.3, -0.25) is 10.1 Å². The molecule has 0 spiro atoms. The summed E-state index contributed by atoms with van der Waals surface area (Å²) < 4.78 is 5.31. The highest BCUT2D eigenvalue weighted by Gasteiger charge is 2.09. The van der Waals surface area contributed by atoms with Crippen LogP contribution < -0.4 is 10.6 Å². The topological polar surface area (TPSA) is 105 Å². The van der Waals surface area contributed by atoms with Crippen LogP contribution in [-0.2, 0) is 14.3 Å². The molecule has 0 bridgehead atoms. The Morgan fingerprint density at radius 3 is 2.63 bits per heavy atom. The minimum absolute atomic E-state index is 0.502. The van der Waals surface area contributed by atoms with Crippen LogP contribution in [0.3, 0.4) is 0 Å². The highest BCUT2D eigenvalue weighted by Crippen LogP contribution is 2.15. The number of carbonyl (C=O) groups excluding carboxylic acids is 2. The monoisotopic (exact) mass is 330 g/mol.